The van der Waals surface area contributed by atoms with Crippen molar-refractivity contribution in [3.63, 3.8) is 0 Å². The van der Waals surface area contributed by atoms with Gasteiger partial charge in [-0.2, -0.15) is 0 Å². The van der Waals surface area contributed by atoms with Crippen molar-refractivity contribution in [1.29, 1.82) is 0 Å². The summed E-state index contributed by atoms with van der Waals surface area (Å²) < 4.78 is 17.5. The second-order valence-electron chi connectivity index (χ2n) is 10.3. The molecule has 9 atom stereocenters. The Morgan fingerprint density at radius 2 is 1.87 bits per heavy atom. The van der Waals surface area contributed by atoms with E-state index in [1.807, 2.05) is 6.92 Å². The van der Waals surface area contributed by atoms with E-state index in [-0.39, 0.29) is 47.9 Å². The zero-order chi connectivity index (χ0) is 22.4. The first-order valence-corrected chi connectivity index (χ1v) is 11.0. The quantitative estimate of drug-likeness (QED) is 0.259. The molecule has 0 spiro atoms. The van der Waals surface area contributed by atoms with Gasteiger partial charge in [0.2, 0.25) is 0 Å². The smallest absolute Gasteiger partial charge is 0.303 e. The van der Waals surface area contributed by atoms with E-state index in [4.69, 9.17) is 14.2 Å². The minimum Gasteiger partial charge on any atom is -0.458 e. The van der Waals surface area contributed by atoms with Crippen molar-refractivity contribution in [2.24, 2.45) is 46.8 Å². The number of ether oxygens (including phenoxy) is 3. The maximum atomic E-state index is 12.5. The molecule has 0 bridgehead atoms. The van der Waals surface area contributed by atoms with E-state index in [2.05, 4.69) is 27.4 Å². The van der Waals surface area contributed by atoms with E-state index < -0.39 is 17.5 Å². The maximum Gasteiger partial charge on any atom is 0.303 e. The monoisotopic (exact) mass is 420 g/mol. The second-order valence-corrected chi connectivity index (χ2v) is 10.3. The lowest BCUT2D eigenvalue weighted by Crippen LogP contribution is -2.55. The topological polar surface area (TPSA) is 78.9 Å². The first kappa shape index (κ1) is 23.1. The highest BCUT2D eigenvalue weighted by Gasteiger charge is 2.75. The van der Waals surface area contributed by atoms with Crippen LogP contribution in [0.3, 0.4) is 0 Å². The Labute approximate surface area is 179 Å². The number of esters is 1. The Kier molecular flexibility index (Phi) is 6.32. The molecule has 0 heterocycles. The van der Waals surface area contributed by atoms with Crippen LogP contribution < -0.4 is 0 Å². The standard InChI is InChI=1S/C24H36O6/c1-13(10-25)8-18-21-17(23(21,5)6)9-14(2)20-22(29-12-28-7)15(3)19(11-26)24(18,20)30-16(4)27/h10-11,14-15,17-22H,1,8-9,12H2,2-7H3/t14-,15-,17-,18+,19-,20-,21-,22+,24-/m1/s1. The Hall–Kier alpha value is -1.53. The molecule has 6 heteroatoms. The van der Waals surface area contributed by atoms with Gasteiger partial charge in [-0.25, -0.2) is 0 Å². The van der Waals surface area contributed by atoms with E-state index in [9.17, 15) is 14.4 Å². The summed E-state index contributed by atoms with van der Waals surface area (Å²) in [4.78, 5) is 36.5. The minimum absolute atomic E-state index is 0.0579. The lowest BCUT2D eigenvalue weighted by Gasteiger charge is -2.46. The van der Waals surface area contributed by atoms with Crippen LogP contribution in [0.2, 0.25) is 0 Å². The van der Waals surface area contributed by atoms with E-state index in [1.165, 1.54) is 6.92 Å². The van der Waals surface area contributed by atoms with Crippen molar-refractivity contribution in [2.75, 3.05) is 13.9 Å². The molecule has 3 aliphatic carbocycles. The Balaban J connectivity index is 2.21. The summed E-state index contributed by atoms with van der Waals surface area (Å²) >= 11 is 0. The molecule has 0 aliphatic heterocycles. The molecule has 0 amide bonds. The van der Waals surface area contributed by atoms with Crippen LogP contribution in [-0.2, 0) is 28.6 Å². The van der Waals surface area contributed by atoms with Crippen LogP contribution in [0.1, 0.15) is 47.5 Å². The molecule has 0 radical (unpaired) electrons. The van der Waals surface area contributed by atoms with Crippen molar-refractivity contribution in [2.45, 2.75) is 59.2 Å². The maximum absolute atomic E-state index is 12.5. The first-order valence-electron chi connectivity index (χ1n) is 11.0. The van der Waals surface area contributed by atoms with Crippen molar-refractivity contribution < 1.29 is 28.6 Å². The highest BCUT2D eigenvalue weighted by molar-refractivity contribution is 5.72. The molecule has 6 nitrogen and oxygen atoms in total. The average molecular weight is 421 g/mol. The summed E-state index contributed by atoms with van der Waals surface area (Å²) in [6.45, 7) is 14.1. The minimum atomic E-state index is -1.02. The van der Waals surface area contributed by atoms with Crippen molar-refractivity contribution in [3.05, 3.63) is 12.2 Å². The van der Waals surface area contributed by atoms with Gasteiger partial charge < -0.3 is 19.0 Å². The van der Waals surface area contributed by atoms with Gasteiger partial charge in [0.05, 0.1) is 12.0 Å². The number of carbonyl (C=O) groups is 3. The summed E-state index contributed by atoms with van der Waals surface area (Å²) in [6.07, 6.45) is 2.83. The number of rotatable bonds is 8. The van der Waals surface area contributed by atoms with Gasteiger partial charge in [-0.1, -0.05) is 34.3 Å². The molecule has 30 heavy (non-hydrogen) atoms. The molecular weight excluding hydrogens is 384 g/mol. The van der Waals surface area contributed by atoms with Crippen LogP contribution in [0.15, 0.2) is 12.2 Å². The number of fused-ring (bicyclic) bond motifs is 2. The number of methoxy groups -OCH3 is 1. The molecule has 3 rings (SSSR count). The largest absolute Gasteiger partial charge is 0.458 e. The number of hydrogen-bond donors (Lipinski definition) is 0. The SMILES string of the molecule is C=C(C=O)C[C@H]1[C@H]2[C@@H](C[C@@H](C)[C@@H]3[C@@H](OCOC)[C@H](C)[C@@H](C=O)[C@@]31OC(C)=O)C2(C)C. The third-order valence-electron chi connectivity index (χ3n) is 8.37. The van der Waals surface area contributed by atoms with Crippen molar-refractivity contribution in [1.82, 2.24) is 0 Å². The van der Waals surface area contributed by atoms with Crippen LogP contribution in [0.5, 0.6) is 0 Å². The summed E-state index contributed by atoms with van der Waals surface area (Å²) in [5, 5.41) is 0. The van der Waals surface area contributed by atoms with E-state index in [1.54, 1.807) is 7.11 Å². The molecule has 3 saturated carbocycles. The van der Waals surface area contributed by atoms with Gasteiger partial charge in [-0.15, -0.1) is 0 Å². The predicted molar refractivity (Wildman–Crippen MR) is 111 cm³/mol. The lowest BCUT2D eigenvalue weighted by molar-refractivity contribution is -0.190. The molecule has 0 unspecified atom stereocenters. The molecule has 0 N–H and O–H groups in total. The number of aldehydes is 2. The zero-order valence-corrected chi connectivity index (χ0v) is 19.1. The van der Waals surface area contributed by atoms with E-state index >= 15 is 0 Å². The molecule has 0 saturated heterocycles. The van der Waals surface area contributed by atoms with Gasteiger partial charge in [0, 0.05) is 25.9 Å². The third-order valence-corrected chi connectivity index (χ3v) is 8.37. The number of carbonyl (C=O) groups excluding carboxylic acids is 3. The lowest BCUT2D eigenvalue weighted by atomic mass is 9.65. The first-order chi connectivity index (χ1) is 14.1. The highest BCUT2D eigenvalue weighted by Crippen LogP contribution is 2.73. The molecule has 0 aromatic heterocycles. The van der Waals surface area contributed by atoms with E-state index in [0.717, 1.165) is 19.0 Å². The van der Waals surface area contributed by atoms with Gasteiger partial charge in [-0.3, -0.25) is 9.59 Å². The summed E-state index contributed by atoms with van der Waals surface area (Å²) in [6, 6.07) is 0. The number of allylic oxidation sites excluding steroid dienone is 1. The van der Waals surface area contributed by atoms with Crippen LogP contribution in [-0.4, -0.2) is 44.1 Å². The summed E-state index contributed by atoms with van der Waals surface area (Å²) in [7, 11) is 1.57. The second kappa shape index (κ2) is 8.19. The molecule has 0 aromatic rings. The van der Waals surface area contributed by atoms with Gasteiger partial charge >= 0.3 is 5.97 Å². The normalized spacial score (nSPS) is 43.7. The third kappa shape index (κ3) is 3.36. The van der Waals surface area contributed by atoms with Crippen LogP contribution in [0, 0.1) is 46.8 Å². The molecule has 0 aromatic carbocycles. The van der Waals surface area contributed by atoms with Crippen LogP contribution in [0.4, 0.5) is 0 Å². The number of hydrogen-bond acceptors (Lipinski definition) is 6. The zero-order valence-electron chi connectivity index (χ0n) is 19.1. The van der Waals surface area contributed by atoms with Crippen molar-refractivity contribution in [3.8, 4) is 0 Å². The molecular formula is C24H36O6. The Morgan fingerprint density at radius 3 is 2.40 bits per heavy atom. The van der Waals surface area contributed by atoms with Gasteiger partial charge in [0.15, 0.2) is 0 Å². The fourth-order valence-corrected chi connectivity index (χ4v) is 7.26. The summed E-state index contributed by atoms with van der Waals surface area (Å²) in [5.41, 5.74) is -0.494. The van der Waals surface area contributed by atoms with Gasteiger partial charge in [0.25, 0.3) is 0 Å². The van der Waals surface area contributed by atoms with Crippen molar-refractivity contribution >= 4 is 18.5 Å². The van der Waals surface area contributed by atoms with Crippen LogP contribution >= 0.6 is 0 Å². The predicted octanol–water partition coefficient (Wildman–Crippen LogP) is 3.43. The molecule has 168 valence electrons. The van der Waals surface area contributed by atoms with Gasteiger partial charge in [-0.05, 0) is 47.5 Å². The fourth-order valence-electron chi connectivity index (χ4n) is 7.26. The molecule has 3 fully saturated rings. The Morgan fingerprint density at radius 1 is 1.20 bits per heavy atom. The van der Waals surface area contributed by atoms with Crippen LogP contribution in [0.25, 0.3) is 0 Å². The highest BCUT2D eigenvalue weighted by atomic mass is 16.7. The van der Waals surface area contributed by atoms with E-state index in [0.29, 0.717) is 17.9 Å². The average Bonchev–Trinajstić information content (AvgIpc) is 3.13. The fraction of sp³-hybridized carbons (Fsp3) is 0.792. The summed E-state index contributed by atoms with van der Waals surface area (Å²) in [5.74, 6) is -0.514. The molecule has 3 aliphatic rings. The van der Waals surface area contributed by atoms with Gasteiger partial charge in [0.1, 0.15) is 25.0 Å². The Bertz CT molecular complexity index is 714.